The molecular formula is C19H30N2O5S. The van der Waals surface area contributed by atoms with Crippen LogP contribution in [0.5, 0.6) is 11.5 Å². The van der Waals surface area contributed by atoms with Gasteiger partial charge in [0, 0.05) is 6.26 Å². The number of rotatable bonds is 8. The highest BCUT2D eigenvalue weighted by Gasteiger charge is 2.48. The fraction of sp³-hybridized carbons (Fsp3) is 0.632. The van der Waals surface area contributed by atoms with Crippen molar-refractivity contribution < 1.29 is 22.7 Å². The summed E-state index contributed by atoms with van der Waals surface area (Å²) in [6.07, 6.45) is 1.70. The summed E-state index contributed by atoms with van der Waals surface area (Å²) < 4.78 is 34.6. The maximum atomic E-state index is 13.0. The van der Waals surface area contributed by atoms with Crippen LogP contribution in [0, 0.1) is 0 Å². The highest BCUT2D eigenvalue weighted by atomic mass is 32.2. The average Bonchev–Trinajstić information content (AvgIpc) is 2.63. The molecule has 1 amide bonds. The van der Waals surface area contributed by atoms with Crippen molar-refractivity contribution in [3.8, 4) is 11.5 Å². The third-order valence-electron chi connectivity index (χ3n) is 4.95. The highest BCUT2D eigenvalue weighted by Crippen LogP contribution is 2.32. The lowest BCUT2D eigenvalue weighted by Crippen LogP contribution is -2.57. The van der Waals surface area contributed by atoms with E-state index in [1.807, 2.05) is 39.0 Å². The molecule has 1 aliphatic heterocycles. The van der Waals surface area contributed by atoms with Crippen molar-refractivity contribution in [3.05, 3.63) is 23.8 Å². The number of hydrogen-bond donors (Lipinski definition) is 2. The Morgan fingerprint density at radius 1 is 1.19 bits per heavy atom. The van der Waals surface area contributed by atoms with Crippen LogP contribution >= 0.6 is 0 Å². The van der Waals surface area contributed by atoms with E-state index in [-0.39, 0.29) is 18.9 Å². The van der Waals surface area contributed by atoms with Gasteiger partial charge in [-0.05, 0) is 64.4 Å². The van der Waals surface area contributed by atoms with Crippen molar-refractivity contribution in [2.24, 2.45) is 0 Å². The van der Waals surface area contributed by atoms with Crippen LogP contribution in [0.3, 0.4) is 0 Å². The third-order valence-corrected chi connectivity index (χ3v) is 6.96. The first-order chi connectivity index (χ1) is 12.7. The van der Waals surface area contributed by atoms with E-state index < -0.39 is 20.5 Å². The molecule has 1 atom stereocenters. The molecule has 2 N–H and O–H groups in total. The van der Waals surface area contributed by atoms with Crippen LogP contribution in [0.2, 0.25) is 0 Å². The number of piperidine rings is 1. The number of hydrogen-bond acceptors (Lipinski definition) is 6. The van der Waals surface area contributed by atoms with Crippen molar-refractivity contribution >= 4 is 15.7 Å². The zero-order valence-corrected chi connectivity index (χ0v) is 17.3. The minimum atomic E-state index is -3.54. The topological polar surface area (TPSA) is 93.7 Å². The molecule has 8 heteroatoms. The van der Waals surface area contributed by atoms with Crippen LogP contribution in [0.4, 0.5) is 0 Å². The van der Waals surface area contributed by atoms with Crippen LogP contribution in [0.25, 0.3) is 0 Å². The normalized spacial score (nSPS) is 17.8. The minimum Gasteiger partial charge on any atom is -0.490 e. The third kappa shape index (κ3) is 4.73. The van der Waals surface area contributed by atoms with E-state index in [9.17, 15) is 13.2 Å². The molecule has 1 heterocycles. The van der Waals surface area contributed by atoms with Crippen molar-refractivity contribution in [1.29, 1.82) is 0 Å². The van der Waals surface area contributed by atoms with Crippen molar-refractivity contribution in [2.75, 3.05) is 32.6 Å². The maximum Gasteiger partial charge on any atom is 0.242 e. The summed E-state index contributed by atoms with van der Waals surface area (Å²) in [5.74, 6) is 0.816. The molecule has 27 heavy (non-hydrogen) atoms. The van der Waals surface area contributed by atoms with Gasteiger partial charge >= 0.3 is 0 Å². The largest absolute Gasteiger partial charge is 0.490 e. The van der Waals surface area contributed by atoms with Gasteiger partial charge in [0.1, 0.15) is 0 Å². The lowest BCUT2D eigenvalue weighted by molar-refractivity contribution is -0.125. The Labute approximate surface area is 161 Å². The number of benzene rings is 1. The van der Waals surface area contributed by atoms with Gasteiger partial charge in [-0.1, -0.05) is 6.07 Å². The first kappa shape index (κ1) is 21.5. The lowest BCUT2D eigenvalue weighted by atomic mass is 9.95. The van der Waals surface area contributed by atoms with Gasteiger partial charge in [-0.3, -0.25) is 4.79 Å². The molecule has 1 fully saturated rings. The second-order valence-corrected chi connectivity index (χ2v) is 9.11. The number of carbonyl (C=O) groups is 1. The SMILES string of the molecule is CCOc1ccc(C(C)NC(=O)C2(S(C)(=O)=O)CCNCC2)cc1OCC. The zero-order chi connectivity index (χ0) is 20.1. The van der Waals surface area contributed by atoms with Gasteiger partial charge in [0.2, 0.25) is 5.91 Å². The van der Waals surface area contributed by atoms with E-state index >= 15 is 0 Å². The number of sulfone groups is 1. The van der Waals surface area contributed by atoms with Gasteiger partial charge in [-0.2, -0.15) is 0 Å². The minimum absolute atomic E-state index is 0.276. The Hall–Kier alpha value is -1.80. The molecule has 7 nitrogen and oxygen atoms in total. The molecule has 152 valence electrons. The molecule has 1 aromatic rings. The second kappa shape index (κ2) is 8.93. The predicted molar refractivity (Wildman–Crippen MR) is 105 cm³/mol. The van der Waals surface area contributed by atoms with Crippen molar-refractivity contribution in [2.45, 2.75) is 44.4 Å². The molecule has 1 saturated heterocycles. The summed E-state index contributed by atoms with van der Waals surface area (Å²) in [6, 6.07) is 5.13. The highest BCUT2D eigenvalue weighted by molar-refractivity contribution is 7.92. The Morgan fingerprint density at radius 2 is 1.78 bits per heavy atom. The smallest absolute Gasteiger partial charge is 0.242 e. The number of ether oxygens (including phenoxy) is 2. The summed E-state index contributed by atoms with van der Waals surface area (Å²) in [5.41, 5.74) is 0.827. The predicted octanol–water partition coefficient (Wildman–Crippen LogP) is 1.83. The fourth-order valence-electron chi connectivity index (χ4n) is 3.35. The molecule has 0 spiro atoms. The van der Waals surface area contributed by atoms with Gasteiger partial charge < -0.3 is 20.1 Å². The van der Waals surface area contributed by atoms with Crippen molar-refractivity contribution in [1.82, 2.24) is 10.6 Å². The average molecular weight is 399 g/mol. The molecular weight excluding hydrogens is 368 g/mol. The number of nitrogens with one attached hydrogen (secondary N) is 2. The van der Waals surface area contributed by atoms with E-state index in [4.69, 9.17) is 9.47 Å². The summed E-state index contributed by atoms with van der Waals surface area (Å²) >= 11 is 0. The standard InChI is InChI=1S/C19H30N2O5S/c1-5-25-16-8-7-15(13-17(16)26-6-2)14(3)21-18(22)19(27(4,23)24)9-11-20-12-10-19/h7-8,13-14,20H,5-6,9-12H2,1-4H3,(H,21,22). The Bertz CT molecular complexity index is 757. The zero-order valence-electron chi connectivity index (χ0n) is 16.5. The first-order valence-corrected chi connectivity index (χ1v) is 11.2. The Balaban J connectivity index is 2.23. The fourth-order valence-corrected chi connectivity index (χ4v) is 4.69. The molecule has 0 aliphatic carbocycles. The summed E-state index contributed by atoms with van der Waals surface area (Å²) in [6.45, 7) is 7.65. The molecule has 0 radical (unpaired) electrons. The van der Waals surface area contributed by atoms with E-state index in [1.54, 1.807) is 0 Å². The van der Waals surface area contributed by atoms with Crippen LogP contribution in [-0.2, 0) is 14.6 Å². The maximum absolute atomic E-state index is 13.0. The molecule has 1 unspecified atom stereocenters. The van der Waals surface area contributed by atoms with Crippen LogP contribution < -0.4 is 20.1 Å². The Morgan fingerprint density at radius 3 is 2.33 bits per heavy atom. The molecule has 1 aliphatic rings. The summed E-state index contributed by atoms with van der Waals surface area (Å²) in [4.78, 5) is 13.0. The quantitative estimate of drug-likeness (QED) is 0.694. The van der Waals surface area contributed by atoms with E-state index in [2.05, 4.69) is 10.6 Å². The van der Waals surface area contributed by atoms with Gasteiger partial charge in [0.25, 0.3) is 0 Å². The van der Waals surface area contributed by atoms with Gasteiger partial charge in [-0.25, -0.2) is 8.42 Å². The molecule has 0 aromatic heterocycles. The summed E-state index contributed by atoms with van der Waals surface area (Å²) in [7, 11) is -3.54. The van der Waals surface area contributed by atoms with Gasteiger partial charge in [0.15, 0.2) is 26.1 Å². The molecule has 0 bridgehead atoms. The van der Waals surface area contributed by atoms with E-state index in [1.165, 1.54) is 0 Å². The van der Waals surface area contributed by atoms with Crippen molar-refractivity contribution in [3.63, 3.8) is 0 Å². The van der Waals surface area contributed by atoms with E-state index in [0.29, 0.717) is 37.8 Å². The lowest BCUT2D eigenvalue weighted by Gasteiger charge is -2.35. The molecule has 2 rings (SSSR count). The van der Waals surface area contributed by atoms with Gasteiger partial charge in [-0.15, -0.1) is 0 Å². The van der Waals surface area contributed by atoms with Crippen LogP contribution in [0.15, 0.2) is 18.2 Å². The molecule has 1 aromatic carbocycles. The van der Waals surface area contributed by atoms with Crippen LogP contribution in [0.1, 0.15) is 45.2 Å². The van der Waals surface area contributed by atoms with Gasteiger partial charge in [0.05, 0.1) is 19.3 Å². The monoisotopic (exact) mass is 398 g/mol. The number of amides is 1. The number of carbonyl (C=O) groups excluding carboxylic acids is 1. The van der Waals surface area contributed by atoms with Crippen LogP contribution in [-0.4, -0.2) is 51.6 Å². The Kier molecular flexibility index (Phi) is 7.11. The van der Waals surface area contributed by atoms with E-state index in [0.717, 1.165) is 11.8 Å². The molecule has 0 saturated carbocycles. The first-order valence-electron chi connectivity index (χ1n) is 9.36. The summed E-state index contributed by atoms with van der Waals surface area (Å²) in [5, 5.41) is 6.01. The second-order valence-electron chi connectivity index (χ2n) is 6.78.